The molecule has 0 saturated carbocycles. The number of carboxylic acids is 3. The number of unbranched alkanes of at least 4 members (excludes halogenated alkanes) is 8. The summed E-state index contributed by atoms with van der Waals surface area (Å²) in [7, 11) is 0. The third-order valence-electron chi connectivity index (χ3n) is 8.01. The van der Waals surface area contributed by atoms with Gasteiger partial charge in [0.2, 0.25) is 5.91 Å². The van der Waals surface area contributed by atoms with E-state index in [2.05, 4.69) is 12.2 Å². The van der Waals surface area contributed by atoms with E-state index in [9.17, 15) is 44.4 Å². The number of ether oxygens (including phenoxy) is 1. The molecule has 0 spiro atoms. The summed E-state index contributed by atoms with van der Waals surface area (Å²) >= 11 is 0. The van der Waals surface area contributed by atoms with Gasteiger partial charge >= 0.3 is 17.9 Å². The van der Waals surface area contributed by atoms with Gasteiger partial charge in [0, 0.05) is 19.3 Å². The Morgan fingerprint density at radius 2 is 1.38 bits per heavy atom. The van der Waals surface area contributed by atoms with Crippen LogP contribution in [0.25, 0.3) is 0 Å². The highest BCUT2D eigenvalue weighted by Gasteiger charge is 2.49. The molecule has 11 nitrogen and oxygen atoms in total. The lowest BCUT2D eigenvalue weighted by molar-refractivity contribution is -0.172. The number of hydrogen-bond donors (Lipinski definition) is 5. The molecule has 0 radical (unpaired) electrons. The van der Waals surface area contributed by atoms with Crippen molar-refractivity contribution in [3.8, 4) is 11.5 Å². The monoisotopic (exact) mass is 667 g/mol. The number of rotatable bonds is 25. The van der Waals surface area contributed by atoms with Crippen molar-refractivity contribution in [2.24, 2.45) is 5.92 Å². The molecule has 262 valence electrons. The van der Waals surface area contributed by atoms with Gasteiger partial charge in [-0.25, -0.2) is 9.59 Å². The van der Waals surface area contributed by atoms with Crippen LogP contribution in [-0.2, 0) is 30.4 Å². The fourth-order valence-electron chi connectivity index (χ4n) is 5.25. The van der Waals surface area contributed by atoms with Crippen molar-refractivity contribution in [2.45, 2.75) is 108 Å². The number of aliphatic carboxylic acids is 3. The Bertz CT molecular complexity index is 1340. The summed E-state index contributed by atoms with van der Waals surface area (Å²) in [6.07, 6.45) is 11.2. The van der Waals surface area contributed by atoms with Gasteiger partial charge in [0.1, 0.15) is 23.3 Å². The molecule has 0 aliphatic rings. The standard InChI is InChI=1S/C37H49NO10/c1-2-3-4-7-11-16-28(39)17-12-8-5-6-9-15-20-31(37(47,36(45)46)26-33(40)41)34(42)38-32(35(43)44)25-27-21-23-30(24-22-27)48-29-18-13-10-14-19-29/h10,13-15,18-24,31-32,47H,2-9,11-12,16-17,25-26H2,1H3,(H,38,42)(H,40,41)(H,43,44)(H,45,46)/b20-15+/t31?,32-,37?/m0/s1. The van der Waals surface area contributed by atoms with E-state index >= 15 is 0 Å². The van der Waals surface area contributed by atoms with Crippen LogP contribution < -0.4 is 10.1 Å². The fraction of sp³-hybridized carbons (Fsp3) is 0.486. The molecule has 2 unspecified atom stereocenters. The smallest absolute Gasteiger partial charge is 0.337 e. The van der Waals surface area contributed by atoms with Crippen LogP contribution in [0.5, 0.6) is 11.5 Å². The van der Waals surface area contributed by atoms with E-state index in [1.165, 1.54) is 12.5 Å². The Hall–Kier alpha value is -4.51. The van der Waals surface area contributed by atoms with Crippen molar-refractivity contribution in [1.29, 1.82) is 0 Å². The number of benzene rings is 2. The third-order valence-corrected chi connectivity index (χ3v) is 8.01. The average molecular weight is 668 g/mol. The Morgan fingerprint density at radius 3 is 1.94 bits per heavy atom. The molecule has 0 aliphatic heterocycles. The van der Waals surface area contributed by atoms with Gasteiger partial charge in [-0.1, -0.05) is 87.9 Å². The van der Waals surface area contributed by atoms with E-state index in [1.807, 2.05) is 18.2 Å². The molecular formula is C37H49NO10. The van der Waals surface area contributed by atoms with Gasteiger partial charge in [0.15, 0.2) is 5.60 Å². The summed E-state index contributed by atoms with van der Waals surface area (Å²) in [5.41, 5.74) is -2.49. The summed E-state index contributed by atoms with van der Waals surface area (Å²) in [4.78, 5) is 61.0. The van der Waals surface area contributed by atoms with Gasteiger partial charge in [-0.3, -0.25) is 14.4 Å². The number of aliphatic hydroxyl groups is 1. The predicted molar refractivity (Wildman–Crippen MR) is 180 cm³/mol. The van der Waals surface area contributed by atoms with E-state index in [4.69, 9.17) is 4.74 Å². The van der Waals surface area contributed by atoms with Crippen molar-refractivity contribution in [3.05, 3.63) is 72.3 Å². The maximum Gasteiger partial charge on any atom is 0.337 e. The molecule has 0 bridgehead atoms. The number of carbonyl (C=O) groups excluding carboxylic acids is 2. The van der Waals surface area contributed by atoms with Crippen LogP contribution in [0.4, 0.5) is 0 Å². The van der Waals surface area contributed by atoms with Crippen LogP contribution in [0.15, 0.2) is 66.7 Å². The Morgan fingerprint density at radius 1 is 0.792 bits per heavy atom. The Kier molecular flexibility index (Phi) is 17.7. The van der Waals surface area contributed by atoms with Gasteiger partial charge in [-0.05, 0) is 55.5 Å². The second-order valence-corrected chi connectivity index (χ2v) is 12.0. The average Bonchev–Trinajstić information content (AvgIpc) is 3.04. The minimum absolute atomic E-state index is 0.172. The van der Waals surface area contributed by atoms with E-state index in [0.717, 1.165) is 51.0 Å². The van der Waals surface area contributed by atoms with Gasteiger partial charge < -0.3 is 30.5 Å². The molecule has 0 aliphatic carbocycles. The SMILES string of the molecule is CCCCCCCC(=O)CCCCCC/C=C/C(C(=O)N[C@@H](Cc1ccc(Oc2ccccc2)cc1)C(=O)O)C(O)(CC(=O)O)C(=O)O. The third kappa shape index (κ3) is 14.5. The number of nitrogens with one attached hydrogen (secondary N) is 1. The molecule has 11 heteroatoms. The second-order valence-electron chi connectivity index (χ2n) is 12.0. The lowest BCUT2D eigenvalue weighted by atomic mass is 9.82. The van der Waals surface area contributed by atoms with Crippen LogP contribution in [0.1, 0.15) is 96.0 Å². The number of ketones is 1. The Labute approximate surface area is 282 Å². The molecule has 5 N–H and O–H groups in total. The maximum absolute atomic E-state index is 13.3. The summed E-state index contributed by atoms with van der Waals surface area (Å²) < 4.78 is 5.74. The normalized spacial score (nSPS) is 13.7. The first kappa shape index (κ1) is 39.7. The molecule has 0 fully saturated rings. The van der Waals surface area contributed by atoms with Crippen molar-refractivity contribution >= 4 is 29.6 Å². The van der Waals surface area contributed by atoms with E-state index < -0.39 is 47.8 Å². The zero-order valence-electron chi connectivity index (χ0n) is 27.6. The predicted octanol–water partition coefficient (Wildman–Crippen LogP) is 6.32. The minimum atomic E-state index is -3.03. The first-order valence-corrected chi connectivity index (χ1v) is 16.7. The Balaban J connectivity index is 2.00. The molecule has 0 heterocycles. The minimum Gasteiger partial charge on any atom is -0.481 e. The summed E-state index contributed by atoms with van der Waals surface area (Å²) in [5, 5.41) is 42.1. The van der Waals surface area contributed by atoms with E-state index in [1.54, 1.807) is 36.4 Å². The van der Waals surface area contributed by atoms with E-state index in [0.29, 0.717) is 42.7 Å². The lowest BCUT2D eigenvalue weighted by Crippen LogP contribution is -2.55. The number of amides is 1. The number of carboxylic acid groups (broad SMARTS) is 3. The first-order chi connectivity index (χ1) is 23.0. The molecule has 3 atom stereocenters. The van der Waals surface area contributed by atoms with Crippen LogP contribution >= 0.6 is 0 Å². The second kappa shape index (κ2) is 21.4. The quantitative estimate of drug-likeness (QED) is 0.0592. The van der Waals surface area contributed by atoms with Gasteiger partial charge in [-0.15, -0.1) is 0 Å². The van der Waals surface area contributed by atoms with Crippen LogP contribution in [0.2, 0.25) is 0 Å². The van der Waals surface area contributed by atoms with Crippen molar-refractivity contribution in [1.82, 2.24) is 5.32 Å². The van der Waals surface area contributed by atoms with E-state index in [-0.39, 0.29) is 12.2 Å². The van der Waals surface area contributed by atoms with Crippen molar-refractivity contribution < 1.29 is 49.1 Å². The zero-order valence-corrected chi connectivity index (χ0v) is 27.6. The molecule has 1 amide bonds. The number of Topliss-reactive ketones (excluding diaryl/α,β-unsaturated/α-hetero) is 1. The summed E-state index contributed by atoms with van der Waals surface area (Å²) in [5.74, 6) is -6.61. The van der Waals surface area contributed by atoms with Gasteiger partial charge in [0.05, 0.1) is 12.3 Å². The molecule has 48 heavy (non-hydrogen) atoms. The van der Waals surface area contributed by atoms with Crippen LogP contribution in [0, 0.1) is 5.92 Å². The highest BCUT2D eigenvalue weighted by molar-refractivity contribution is 5.94. The van der Waals surface area contributed by atoms with Crippen molar-refractivity contribution in [2.75, 3.05) is 0 Å². The fourth-order valence-corrected chi connectivity index (χ4v) is 5.25. The molecular weight excluding hydrogens is 618 g/mol. The molecule has 0 saturated heterocycles. The first-order valence-electron chi connectivity index (χ1n) is 16.7. The number of para-hydroxylation sites is 1. The maximum atomic E-state index is 13.3. The number of allylic oxidation sites excluding steroid dienone is 1. The topological polar surface area (TPSA) is 188 Å². The van der Waals surface area contributed by atoms with Gasteiger partial charge in [0.25, 0.3) is 0 Å². The number of hydrogen-bond acceptors (Lipinski definition) is 7. The zero-order chi connectivity index (χ0) is 35.4. The highest BCUT2D eigenvalue weighted by Crippen LogP contribution is 2.26. The van der Waals surface area contributed by atoms with Crippen LogP contribution in [0.3, 0.4) is 0 Å². The highest BCUT2D eigenvalue weighted by atomic mass is 16.5. The molecule has 2 aromatic carbocycles. The number of carbonyl (C=O) groups is 5. The van der Waals surface area contributed by atoms with Crippen LogP contribution in [-0.4, -0.2) is 61.7 Å². The van der Waals surface area contributed by atoms with Crippen molar-refractivity contribution in [3.63, 3.8) is 0 Å². The summed E-state index contributed by atoms with van der Waals surface area (Å²) in [6.45, 7) is 2.15. The molecule has 2 rings (SSSR count). The molecule has 0 aromatic heterocycles. The summed E-state index contributed by atoms with van der Waals surface area (Å²) in [6, 6.07) is 14.1. The largest absolute Gasteiger partial charge is 0.481 e. The lowest BCUT2D eigenvalue weighted by Gasteiger charge is -2.29. The molecule has 2 aromatic rings. The van der Waals surface area contributed by atoms with Gasteiger partial charge in [-0.2, -0.15) is 0 Å².